The number of rotatable bonds is 5. The summed E-state index contributed by atoms with van der Waals surface area (Å²) in [5.74, 6) is 0.0229. The fraction of sp³-hybridized carbons (Fsp3) is 0.286. The van der Waals surface area contributed by atoms with Crippen molar-refractivity contribution in [2.45, 2.75) is 26.8 Å². The van der Waals surface area contributed by atoms with Gasteiger partial charge in [0.25, 0.3) is 0 Å². The van der Waals surface area contributed by atoms with E-state index in [9.17, 15) is 4.79 Å². The molecule has 100 valence electrons. The summed E-state index contributed by atoms with van der Waals surface area (Å²) in [6.07, 6.45) is 2.28. The second-order valence-electron chi connectivity index (χ2n) is 4.21. The van der Waals surface area contributed by atoms with Gasteiger partial charge in [-0.1, -0.05) is 13.0 Å². The first kappa shape index (κ1) is 13.5. The number of aryl methyl sites for hydroxylation is 1. The quantitative estimate of drug-likeness (QED) is 0.879. The van der Waals surface area contributed by atoms with Gasteiger partial charge in [-0.25, -0.2) is 4.98 Å². The summed E-state index contributed by atoms with van der Waals surface area (Å²) in [6, 6.07) is 5.86. The Labute approximate surface area is 116 Å². The van der Waals surface area contributed by atoms with E-state index in [1.54, 1.807) is 17.5 Å². The van der Waals surface area contributed by atoms with Gasteiger partial charge < -0.3 is 10.6 Å². The Balaban J connectivity index is 2.06. The standard InChI is InChI=1S/C14H17N3OS/c1-3-13(18)17-11-5-4-10(2)12(8-11)16-9-14-15-6-7-19-14/h4-8,16H,3,9H2,1-2H3,(H,17,18). The molecule has 0 saturated heterocycles. The highest BCUT2D eigenvalue weighted by molar-refractivity contribution is 7.09. The summed E-state index contributed by atoms with van der Waals surface area (Å²) >= 11 is 1.62. The molecule has 0 bridgehead atoms. The number of nitrogens with one attached hydrogen (secondary N) is 2. The summed E-state index contributed by atoms with van der Waals surface area (Å²) in [5.41, 5.74) is 2.98. The number of benzene rings is 1. The molecule has 0 aliphatic heterocycles. The molecule has 0 fully saturated rings. The van der Waals surface area contributed by atoms with E-state index in [0.717, 1.165) is 21.9 Å². The molecule has 0 aliphatic carbocycles. The zero-order valence-corrected chi connectivity index (χ0v) is 11.9. The fourth-order valence-electron chi connectivity index (χ4n) is 1.65. The number of hydrogen-bond acceptors (Lipinski definition) is 4. The van der Waals surface area contributed by atoms with Crippen LogP contribution in [0, 0.1) is 6.92 Å². The van der Waals surface area contributed by atoms with Gasteiger partial charge in [0.1, 0.15) is 5.01 Å². The van der Waals surface area contributed by atoms with Crippen LogP contribution in [0.3, 0.4) is 0 Å². The van der Waals surface area contributed by atoms with Gasteiger partial charge >= 0.3 is 0 Å². The van der Waals surface area contributed by atoms with E-state index in [2.05, 4.69) is 15.6 Å². The number of carbonyl (C=O) groups is 1. The summed E-state index contributed by atoms with van der Waals surface area (Å²) in [6.45, 7) is 4.57. The zero-order valence-electron chi connectivity index (χ0n) is 11.1. The van der Waals surface area contributed by atoms with E-state index in [4.69, 9.17) is 0 Å². The van der Waals surface area contributed by atoms with Gasteiger partial charge in [-0.3, -0.25) is 4.79 Å². The van der Waals surface area contributed by atoms with E-state index in [-0.39, 0.29) is 5.91 Å². The number of nitrogens with zero attached hydrogens (tertiary/aromatic N) is 1. The maximum Gasteiger partial charge on any atom is 0.224 e. The molecule has 1 aromatic carbocycles. The van der Waals surface area contributed by atoms with E-state index >= 15 is 0 Å². The number of amides is 1. The molecule has 0 spiro atoms. The first-order valence-electron chi connectivity index (χ1n) is 6.21. The van der Waals surface area contributed by atoms with Crippen molar-refractivity contribution < 1.29 is 4.79 Å². The number of hydrogen-bond donors (Lipinski definition) is 2. The van der Waals surface area contributed by atoms with Crippen molar-refractivity contribution in [3.63, 3.8) is 0 Å². The highest BCUT2D eigenvalue weighted by Crippen LogP contribution is 2.21. The first-order chi connectivity index (χ1) is 9.19. The van der Waals surface area contributed by atoms with Crippen LogP contribution in [0.4, 0.5) is 11.4 Å². The molecule has 1 heterocycles. The van der Waals surface area contributed by atoms with Crippen molar-refractivity contribution in [3.05, 3.63) is 40.3 Å². The molecule has 4 nitrogen and oxygen atoms in total. The molecule has 5 heteroatoms. The lowest BCUT2D eigenvalue weighted by Gasteiger charge is -2.11. The molecule has 0 saturated carbocycles. The monoisotopic (exact) mass is 275 g/mol. The molecule has 0 atom stereocenters. The summed E-state index contributed by atoms with van der Waals surface area (Å²) in [7, 11) is 0. The lowest BCUT2D eigenvalue weighted by atomic mass is 10.1. The molecular formula is C14H17N3OS. The predicted octanol–water partition coefficient (Wildman–Crippen LogP) is 3.41. The van der Waals surface area contributed by atoms with Gasteiger partial charge in [-0.05, 0) is 24.6 Å². The normalized spacial score (nSPS) is 10.2. The second-order valence-corrected chi connectivity index (χ2v) is 5.19. The van der Waals surface area contributed by atoms with Crippen molar-refractivity contribution >= 4 is 28.6 Å². The third kappa shape index (κ3) is 3.79. The van der Waals surface area contributed by atoms with Crippen LogP contribution in [0.5, 0.6) is 0 Å². The molecule has 2 rings (SSSR count). The van der Waals surface area contributed by atoms with Gasteiger partial charge in [-0.15, -0.1) is 11.3 Å². The van der Waals surface area contributed by atoms with Crippen LogP contribution < -0.4 is 10.6 Å². The largest absolute Gasteiger partial charge is 0.378 e. The van der Waals surface area contributed by atoms with E-state index in [1.807, 2.05) is 37.4 Å². The zero-order chi connectivity index (χ0) is 13.7. The van der Waals surface area contributed by atoms with Gasteiger partial charge in [0, 0.05) is 29.4 Å². The smallest absolute Gasteiger partial charge is 0.224 e. The highest BCUT2D eigenvalue weighted by Gasteiger charge is 2.04. The molecule has 1 amide bonds. The Hall–Kier alpha value is -1.88. The molecule has 19 heavy (non-hydrogen) atoms. The third-order valence-corrected chi connectivity index (χ3v) is 3.54. The van der Waals surface area contributed by atoms with Gasteiger partial charge in [-0.2, -0.15) is 0 Å². The first-order valence-corrected chi connectivity index (χ1v) is 7.09. The van der Waals surface area contributed by atoms with Gasteiger partial charge in [0.2, 0.25) is 5.91 Å². The molecule has 0 aliphatic rings. The third-order valence-electron chi connectivity index (χ3n) is 2.76. The molecule has 2 aromatic rings. The maximum absolute atomic E-state index is 11.4. The Kier molecular flexibility index (Phi) is 4.52. The van der Waals surface area contributed by atoms with Crippen LogP contribution in [-0.2, 0) is 11.3 Å². The van der Waals surface area contributed by atoms with Crippen LogP contribution in [0.2, 0.25) is 0 Å². The SMILES string of the molecule is CCC(=O)Nc1ccc(C)c(NCc2nccs2)c1. The Morgan fingerprint density at radius 1 is 1.42 bits per heavy atom. The van der Waals surface area contributed by atoms with E-state index in [1.165, 1.54) is 0 Å². The molecule has 1 aromatic heterocycles. The maximum atomic E-state index is 11.4. The van der Waals surface area contributed by atoms with Crippen LogP contribution in [0.25, 0.3) is 0 Å². The Morgan fingerprint density at radius 3 is 2.95 bits per heavy atom. The Morgan fingerprint density at radius 2 is 2.26 bits per heavy atom. The van der Waals surface area contributed by atoms with Crippen molar-refractivity contribution in [1.82, 2.24) is 4.98 Å². The lowest BCUT2D eigenvalue weighted by Crippen LogP contribution is -2.10. The molecular weight excluding hydrogens is 258 g/mol. The summed E-state index contributed by atoms with van der Waals surface area (Å²) < 4.78 is 0. The lowest BCUT2D eigenvalue weighted by molar-refractivity contribution is -0.115. The average Bonchev–Trinajstić information content (AvgIpc) is 2.92. The molecule has 0 radical (unpaired) electrons. The van der Waals surface area contributed by atoms with Gasteiger partial charge in [0.15, 0.2) is 0 Å². The average molecular weight is 275 g/mol. The fourth-order valence-corrected chi connectivity index (χ4v) is 2.21. The number of anilines is 2. The second kappa shape index (κ2) is 6.33. The van der Waals surface area contributed by atoms with E-state index < -0.39 is 0 Å². The topological polar surface area (TPSA) is 54.0 Å². The van der Waals surface area contributed by atoms with Crippen LogP contribution in [-0.4, -0.2) is 10.9 Å². The van der Waals surface area contributed by atoms with Crippen LogP contribution >= 0.6 is 11.3 Å². The minimum atomic E-state index is 0.0229. The minimum absolute atomic E-state index is 0.0229. The van der Waals surface area contributed by atoms with Crippen molar-refractivity contribution in [2.24, 2.45) is 0 Å². The Bertz CT molecular complexity index is 552. The molecule has 0 unspecified atom stereocenters. The van der Waals surface area contributed by atoms with Crippen LogP contribution in [0.1, 0.15) is 23.9 Å². The van der Waals surface area contributed by atoms with Crippen molar-refractivity contribution in [2.75, 3.05) is 10.6 Å². The van der Waals surface area contributed by atoms with Crippen molar-refractivity contribution in [1.29, 1.82) is 0 Å². The number of carbonyl (C=O) groups excluding carboxylic acids is 1. The molecule has 2 N–H and O–H groups in total. The van der Waals surface area contributed by atoms with E-state index in [0.29, 0.717) is 13.0 Å². The minimum Gasteiger partial charge on any atom is -0.378 e. The predicted molar refractivity (Wildman–Crippen MR) is 79.5 cm³/mol. The summed E-state index contributed by atoms with van der Waals surface area (Å²) in [4.78, 5) is 15.6. The highest BCUT2D eigenvalue weighted by atomic mass is 32.1. The number of thiazole rings is 1. The summed E-state index contributed by atoms with van der Waals surface area (Å²) in [5, 5.41) is 9.21. The van der Waals surface area contributed by atoms with Gasteiger partial charge in [0.05, 0.1) is 6.54 Å². The van der Waals surface area contributed by atoms with Crippen molar-refractivity contribution in [3.8, 4) is 0 Å². The van der Waals surface area contributed by atoms with Crippen LogP contribution in [0.15, 0.2) is 29.8 Å². The number of aromatic nitrogens is 1.